The molecule has 0 saturated heterocycles. The molecule has 0 amide bonds. The number of para-hydroxylation sites is 3. The van der Waals surface area contributed by atoms with Crippen molar-refractivity contribution < 1.29 is 8.83 Å². The minimum atomic E-state index is 0.815. The predicted molar refractivity (Wildman–Crippen MR) is 153 cm³/mol. The number of aromatic nitrogens is 5. The van der Waals surface area contributed by atoms with E-state index >= 15 is 0 Å². The summed E-state index contributed by atoms with van der Waals surface area (Å²) in [6.45, 7) is 0. The highest BCUT2D eigenvalue weighted by Gasteiger charge is 2.26. The molecule has 5 aromatic carbocycles. The number of fused-ring (bicyclic) bond motifs is 18. The second-order valence-corrected chi connectivity index (χ2v) is 10.3. The average Bonchev–Trinajstić information content (AvgIpc) is 3.78. The highest BCUT2D eigenvalue weighted by atomic mass is 16.3. The molecule has 7 nitrogen and oxygen atoms in total. The highest BCUT2D eigenvalue weighted by Crippen LogP contribution is 2.40. The van der Waals surface area contributed by atoms with E-state index in [2.05, 4.69) is 67.8 Å². The average molecular weight is 502 g/mol. The van der Waals surface area contributed by atoms with Crippen LogP contribution in [0.1, 0.15) is 0 Å². The molecule has 7 heteroatoms. The molecule has 11 rings (SSSR count). The molecule has 0 aliphatic heterocycles. The van der Waals surface area contributed by atoms with Gasteiger partial charge in [0.15, 0.2) is 11.2 Å². The van der Waals surface area contributed by atoms with Gasteiger partial charge in [0.05, 0.1) is 22.1 Å². The first-order valence-electron chi connectivity index (χ1n) is 12.9. The fourth-order valence-electron chi connectivity index (χ4n) is 6.81. The van der Waals surface area contributed by atoms with Crippen LogP contribution in [-0.4, -0.2) is 23.2 Å². The van der Waals surface area contributed by atoms with Crippen LogP contribution in [0.2, 0.25) is 0 Å². The molecule has 0 bridgehead atoms. The third kappa shape index (κ3) is 1.94. The van der Waals surface area contributed by atoms with Crippen LogP contribution in [0.15, 0.2) is 99.8 Å². The van der Waals surface area contributed by atoms with E-state index in [0.717, 1.165) is 94.0 Å². The van der Waals surface area contributed by atoms with Gasteiger partial charge in [-0.25, -0.2) is 14.4 Å². The van der Waals surface area contributed by atoms with Crippen LogP contribution in [-0.2, 0) is 0 Å². The van der Waals surface area contributed by atoms with E-state index in [1.165, 1.54) is 0 Å². The Morgan fingerprint density at radius 2 is 0.949 bits per heavy atom. The molecule has 0 aliphatic rings. The lowest BCUT2D eigenvalue weighted by molar-refractivity contribution is 0.671. The Morgan fingerprint density at radius 1 is 0.436 bits per heavy atom. The van der Waals surface area contributed by atoms with Crippen molar-refractivity contribution in [3.8, 4) is 0 Å². The maximum Gasteiger partial charge on any atom is 0.223 e. The lowest BCUT2D eigenvalue weighted by Gasteiger charge is -1.98. The van der Waals surface area contributed by atoms with E-state index in [4.69, 9.17) is 18.8 Å². The normalized spacial score (nSPS) is 13.1. The van der Waals surface area contributed by atoms with Gasteiger partial charge >= 0.3 is 0 Å². The zero-order chi connectivity index (χ0) is 25.0. The molecule has 180 valence electrons. The van der Waals surface area contributed by atoms with Crippen molar-refractivity contribution in [2.24, 2.45) is 0 Å². The van der Waals surface area contributed by atoms with Crippen LogP contribution in [0.25, 0.3) is 94.0 Å². The molecule has 0 unspecified atom stereocenters. The van der Waals surface area contributed by atoms with Crippen molar-refractivity contribution in [2.75, 3.05) is 0 Å². The van der Waals surface area contributed by atoms with Crippen molar-refractivity contribution in [3.05, 3.63) is 91.0 Å². The number of imidazole rings is 4. The molecular weight excluding hydrogens is 486 g/mol. The highest BCUT2D eigenvalue weighted by molar-refractivity contribution is 6.17. The molecule has 0 radical (unpaired) electrons. The van der Waals surface area contributed by atoms with Crippen LogP contribution in [0.5, 0.6) is 0 Å². The fraction of sp³-hybridized carbons (Fsp3) is 0. The molecule has 0 fully saturated rings. The first-order valence-corrected chi connectivity index (χ1v) is 12.9. The van der Waals surface area contributed by atoms with Crippen LogP contribution < -0.4 is 0 Å². The summed E-state index contributed by atoms with van der Waals surface area (Å²) < 4.78 is 19.5. The van der Waals surface area contributed by atoms with Crippen molar-refractivity contribution >= 4 is 94.0 Å². The Bertz CT molecular complexity index is 2650. The molecule has 0 saturated carbocycles. The van der Waals surface area contributed by atoms with Gasteiger partial charge in [-0.05, 0) is 48.5 Å². The Kier molecular flexibility index (Phi) is 2.84. The number of rotatable bonds is 0. The molecule has 0 aliphatic carbocycles. The lowest BCUT2D eigenvalue weighted by Crippen LogP contribution is -1.87. The van der Waals surface area contributed by atoms with E-state index < -0.39 is 0 Å². The minimum absolute atomic E-state index is 0.815. The molecule has 6 heterocycles. The van der Waals surface area contributed by atoms with Crippen molar-refractivity contribution in [1.82, 2.24) is 23.2 Å². The smallest absolute Gasteiger partial charge is 0.223 e. The van der Waals surface area contributed by atoms with Gasteiger partial charge in [-0.1, -0.05) is 42.5 Å². The lowest BCUT2D eigenvalue weighted by atomic mass is 10.1. The molecule has 0 spiro atoms. The van der Waals surface area contributed by atoms with Gasteiger partial charge in [0.1, 0.15) is 27.7 Å². The third-order valence-electron chi connectivity index (χ3n) is 8.39. The summed E-state index contributed by atoms with van der Waals surface area (Å²) in [5, 5.41) is 4.40. The fourth-order valence-corrected chi connectivity index (χ4v) is 6.81. The summed E-state index contributed by atoms with van der Waals surface area (Å²) in [5.41, 5.74) is 10.4. The molecule has 11 aromatic rings. The quantitative estimate of drug-likeness (QED) is 0.212. The second-order valence-electron chi connectivity index (χ2n) is 10.3. The SMILES string of the molecule is c1ccc2c(c1)oc1c2ccc2nc3n(c4cccc5c4n3c3nc4ccc6c7ccccc7oc6c4n53)c21. The van der Waals surface area contributed by atoms with Gasteiger partial charge in [-0.3, -0.25) is 8.80 Å². The summed E-state index contributed by atoms with van der Waals surface area (Å²) in [6, 6.07) is 31.2. The number of nitrogens with zero attached hydrogens (tertiary/aromatic N) is 5. The number of hydrogen-bond acceptors (Lipinski definition) is 4. The third-order valence-corrected chi connectivity index (χ3v) is 8.39. The van der Waals surface area contributed by atoms with Gasteiger partial charge in [0, 0.05) is 21.5 Å². The first kappa shape index (κ1) is 18.6. The van der Waals surface area contributed by atoms with E-state index in [1.807, 2.05) is 36.4 Å². The molecule has 0 atom stereocenters. The van der Waals surface area contributed by atoms with Crippen LogP contribution in [0.4, 0.5) is 0 Å². The summed E-state index contributed by atoms with van der Waals surface area (Å²) in [4.78, 5) is 10.3. The summed E-state index contributed by atoms with van der Waals surface area (Å²) in [6.07, 6.45) is 0. The summed E-state index contributed by atoms with van der Waals surface area (Å²) in [5.74, 6) is 1.63. The molecule has 6 aromatic heterocycles. The van der Waals surface area contributed by atoms with E-state index in [1.54, 1.807) is 0 Å². The van der Waals surface area contributed by atoms with Gasteiger partial charge in [-0.15, -0.1) is 0 Å². The zero-order valence-corrected chi connectivity index (χ0v) is 20.2. The number of hydrogen-bond donors (Lipinski definition) is 0. The second kappa shape index (κ2) is 5.95. The topological polar surface area (TPSA) is 65.3 Å². The standard InChI is InChI=1S/C32H15N5O2/c1-3-10-24-16(6-1)18-12-14-20-26(29(18)38-24)35-22-8-5-9-23-28(22)37(31(35)33-20)32-34-21-15-13-19-17-7-2-4-11-25(17)39-30(19)27(21)36(23)32/h1-15H. The number of furan rings is 2. The van der Waals surface area contributed by atoms with Gasteiger partial charge in [-0.2, -0.15) is 0 Å². The van der Waals surface area contributed by atoms with Crippen molar-refractivity contribution in [3.63, 3.8) is 0 Å². The maximum absolute atomic E-state index is 6.43. The minimum Gasteiger partial charge on any atom is -0.454 e. The van der Waals surface area contributed by atoms with Crippen molar-refractivity contribution in [1.29, 1.82) is 0 Å². The first-order chi connectivity index (χ1) is 19.3. The predicted octanol–water partition coefficient (Wildman–Crippen LogP) is 7.93. The largest absolute Gasteiger partial charge is 0.454 e. The summed E-state index contributed by atoms with van der Waals surface area (Å²) >= 11 is 0. The zero-order valence-electron chi connectivity index (χ0n) is 20.2. The Hall–Kier alpha value is -5.56. The van der Waals surface area contributed by atoms with E-state index in [9.17, 15) is 0 Å². The molecule has 0 N–H and O–H groups in total. The van der Waals surface area contributed by atoms with E-state index in [-0.39, 0.29) is 0 Å². The maximum atomic E-state index is 6.43. The van der Waals surface area contributed by atoms with Crippen LogP contribution in [0, 0.1) is 0 Å². The van der Waals surface area contributed by atoms with Crippen LogP contribution in [0.3, 0.4) is 0 Å². The Balaban J connectivity index is 1.39. The van der Waals surface area contributed by atoms with Gasteiger partial charge in [0.2, 0.25) is 11.6 Å². The molecular formula is C32H15N5O2. The Labute approximate surface area is 217 Å². The van der Waals surface area contributed by atoms with Crippen molar-refractivity contribution in [2.45, 2.75) is 0 Å². The van der Waals surface area contributed by atoms with Gasteiger partial charge < -0.3 is 8.83 Å². The monoisotopic (exact) mass is 501 g/mol. The summed E-state index contributed by atoms with van der Waals surface area (Å²) in [7, 11) is 0. The van der Waals surface area contributed by atoms with Crippen LogP contribution >= 0.6 is 0 Å². The molecule has 39 heavy (non-hydrogen) atoms. The Morgan fingerprint density at radius 3 is 1.49 bits per heavy atom. The number of benzene rings is 5. The van der Waals surface area contributed by atoms with Gasteiger partial charge in [0.25, 0.3) is 0 Å². The van der Waals surface area contributed by atoms with E-state index in [0.29, 0.717) is 0 Å².